The fraction of sp³-hybridized carbons (Fsp3) is 0.526. The van der Waals surface area contributed by atoms with Crippen LogP contribution in [0.1, 0.15) is 76.3 Å². The number of piperidine rings is 1. The lowest BCUT2D eigenvalue weighted by Crippen LogP contribution is -2.47. The molecule has 2 aromatic rings. The number of nitrogens with zero attached hydrogens (tertiary/aromatic N) is 2. The van der Waals surface area contributed by atoms with E-state index in [0.717, 1.165) is 73.7 Å². The van der Waals surface area contributed by atoms with E-state index < -0.39 is 0 Å². The highest BCUT2D eigenvalue weighted by Gasteiger charge is 2.58. The van der Waals surface area contributed by atoms with Gasteiger partial charge in [0.05, 0.1) is 35.2 Å². The first kappa shape index (κ1) is 33.2. The van der Waals surface area contributed by atoms with Gasteiger partial charge in [-0.3, -0.25) is 19.4 Å². The number of aromatic hydroxyl groups is 1. The van der Waals surface area contributed by atoms with Gasteiger partial charge in [-0.2, -0.15) is 0 Å². The lowest BCUT2D eigenvalue weighted by Gasteiger charge is -2.36. The Kier molecular flexibility index (Phi) is 10.5. The van der Waals surface area contributed by atoms with Gasteiger partial charge in [-0.1, -0.05) is 67.8 Å². The maximum atomic E-state index is 14.1. The highest BCUT2D eigenvalue weighted by atomic mass is 127. The molecule has 0 saturated carbocycles. The molecule has 0 spiro atoms. The molecular weight excluding hydrogens is 691 g/mol. The zero-order valence-corrected chi connectivity index (χ0v) is 29.5. The molecule has 6 rings (SSSR count). The second kappa shape index (κ2) is 14.6. The van der Waals surface area contributed by atoms with E-state index in [0.29, 0.717) is 18.8 Å². The summed E-state index contributed by atoms with van der Waals surface area (Å²) < 4.78 is 12.6. The largest absolute Gasteiger partial charge is 0.504 e. The zero-order valence-electron chi connectivity index (χ0n) is 27.3. The Morgan fingerprint density at radius 3 is 2.54 bits per heavy atom. The molecule has 4 aliphatic rings. The minimum Gasteiger partial charge on any atom is -0.504 e. The molecule has 2 aromatic carbocycles. The van der Waals surface area contributed by atoms with Gasteiger partial charge in [0.2, 0.25) is 11.8 Å². The number of phenolic OH excluding ortho intramolecular Hbond substituents is 1. The van der Waals surface area contributed by atoms with Crippen LogP contribution in [-0.4, -0.2) is 65.7 Å². The maximum absolute atomic E-state index is 14.1. The Labute approximate surface area is 287 Å². The van der Waals surface area contributed by atoms with Crippen molar-refractivity contribution in [3.63, 3.8) is 0 Å². The van der Waals surface area contributed by atoms with Gasteiger partial charge in [0.15, 0.2) is 11.5 Å². The van der Waals surface area contributed by atoms with Crippen LogP contribution in [0.15, 0.2) is 59.2 Å². The van der Waals surface area contributed by atoms with Crippen molar-refractivity contribution < 1.29 is 24.2 Å². The van der Waals surface area contributed by atoms with Crippen molar-refractivity contribution in [2.45, 2.75) is 83.9 Å². The Balaban J connectivity index is 1.14. The Morgan fingerprint density at radius 1 is 1.09 bits per heavy atom. The van der Waals surface area contributed by atoms with Crippen LogP contribution in [-0.2, 0) is 20.9 Å². The van der Waals surface area contributed by atoms with Crippen LogP contribution < -0.4 is 4.74 Å². The molecule has 3 heterocycles. The van der Waals surface area contributed by atoms with E-state index in [9.17, 15) is 14.7 Å². The molecule has 8 heteroatoms. The fourth-order valence-electron chi connectivity index (χ4n) is 8.31. The summed E-state index contributed by atoms with van der Waals surface area (Å²) in [7, 11) is 1.57. The third-order valence-electron chi connectivity index (χ3n) is 10.6. The number of hydrogen-bond donors (Lipinski definition) is 1. The summed E-state index contributed by atoms with van der Waals surface area (Å²) in [4.78, 5) is 32.2. The second-order valence-electron chi connectivity index (χ2n) is 13.4. The summed E-state index contributed by atoms with van der Waals surface area (Å²) in [5, 5.41) is 10.3. The van der Waals surface area contributed by atoms with Gasteiger partial charge in [0.25, 0.3) is 0 Å². The first-order valence-electron chi connectivity index (χ1n) is 17.0. The first-order valence-corrected chi connectivity index (χ1v) is 18.1. The van der Waals surface area contributed by atoms with E-state index in [2.05, 4.69) is 71.7 Å². The molecule has 4 atom stereocenters. The maximum Gasteiger partial charge on any atom is 0.234 e. The van der Waals surface area contributed by atoms with Crippen molar-refractivity contribution in [1.29, 1.82) is 0 Å². The third kappa shape index (κ3) is 6.67. The summed E-state index contributed by atoms with van der Waals surface area (Å²) in [5.41, 5.74) is 6.29. The highest BCUT2D eigenvalue weighted by molar-refractivity contribution is 14.1. The molecule has 0 unspecified atom stereocenters. The topological polar surface area (TPSA) is 79.3 Å². The van der Waals surface area contributed by atoms with Crippen molar-refractivity contribution in [2.75, 3.05) is 26.8 Å². The normalized spacial score (nSPS) is 25.7. The number of phenols is 1. The summed E-state index contributed by atoms with van der Waals surface area (Å²) in [6.07, 6.45) is 9.17. The zero-order chi connectivity index (χ0) is 32.4. The van der Waals surface area contributed by atoms with Gasteiger partial charge < -0.3 is 14.6 Å². The lowest BCUT2D eigenvalue weighted by molar-refractivity contribution is -0.144. The Morgan fingerprint density at radius 2 is 1.85 bits per heavy atom. The number of amides is 2. The van der Waals surface area contributed by atoms with Crippen LogP contribution in [0, 0.1) is 21.3 Å². The lowest BCUT2D eigenvalue weighted by atomic mass is 9.68. The molecule has 3 aliphatic heterocycles. The second-order valence-corrected chi connectivity index (χ2v) is 14.5. The standard InChI is InChI=1S/C38H47IN2O5/c1-4-9-27-21-29-35(38(44)41(37(29)43)28-14-16-40(17-15-28)22-25-10-7-6-8-11-25)30-23-46-32(34(27)30)13-12-24(5-2)18-26-19-31(39)36(42)33(20-26)45-3/h6-8,10-11,18-20,28-30,32,35,42H,4-5,9,12-17,21-23H2,1-3H3/b24-18+/t29-,30+,32-,35-/m1/s1. The number of benzene rings is 2. The summed E-state index contributed by atoms with van der Waals surface area (Å²) in [5.74, 6) is 0.216. The van der Waals surface area contributed by atoms with Gasteiger partial charge >= 0.3 is 0 Å². The summed E-state index contributed by atoms with van der Waals surface area (Å²) in [6, 6.07) is 14.4. The number of likely N-dealkylation sites (tertiary alicyclic amines) is 2. The number of halogens is 1. The molecule has 3 fully saturated rings. The molecule has 1 N–H and O–H groups in total. The van der Waals surface area contributed by atoms with Crippen molar-refractivity contribution in [1.82, 2.24) is 9.80 Å². The Bertz CT molecular complexity index is 1500. The van der Waals surface area contributed by atoms with Crippen LogP contribution in [0.2, 0.25) is 0 Å². The van der Waals surface area contributed by atoms with Crippen molar-refractivity contribution in [2.24, 2.45) is 17.8 Å². The van der Waals surface area contributed by atoms with Crippen molar-refractivity contribution in [3.05, 3.63) is 73.9 Å². The molecular formula is C38H47IN2O5. The van der Waals surface area contributed by atoms with E-state index in [1.54, 1.807) is 12.0 Å². The summed E-state index contributed by atoms with van der Waals surface area (Å²) in [6.45, 7) is 7.59. The fourth-order valence-corrected chi connectivity index (χ4v) is 8.93. The number of allylic oxidation sites excluding steroid dienone is 2. The van der Waals surface area contributed by atoms with Crippen LogP contribution in [0.5, 0.6) is 11.5 Å². The minimum absolute atomic E-state index is 0.00177. The average Bonchev–Trinajstić information content (AvgIpc) is 3.60. The number of ether oxygens (including phenoxy) is 2. The predicted molar refractivity (Wildman–Crippen MR) is 188 cm³/mol. The van der Waals surface area contributed by atoms with E-state index >= 15 is 0 Å². The molecule has 46 heavy (non-hydrogen) atoms. The smallest absolute Gasteiger partial charge is 0.234 e. The van der Waals surface area contributed by atoms with E-state index in [4.69, 9.17) is 9.47 Å². The minimum atomic E-state index is -0.289. The molecule has 0 radical (unpaired) electrons. The third-order valence-corrected chi connectivity index (χ3v) is 11.4. The monoisotopic (exact) mass is 738 g/mol. The van der Waals surface area contributed by atoms with E-state index in [1.165, 1.54) is 22.3 Å². The first-order chi connectivity index (χ1) is 22.3. The number of rotatable bonds is 11. The molecule has 246 valence electrons. The van der Waals surface area contributed by atoms with Gasteiger partial charge in [-0.25, -0.2) is 0 Å². The number of imide groups is 1. The molecule has 0 aromatic heterocycles. The van der Waals surface area contributed by atoms with Crippen LogP contribution >= 0.6 is 22.6 Å². The Hall–Kier alpha value is -2.69. The number of carbonyl (C=O) groups is 2. The number of fused-ring (bicyclic) bond motifs is 3. The van der Waals surface area contributed by atoms with Crippen LogP contribution in [0.3, 0.4) is 0 Å². The van der Waals surface area contributed by atoms with Crippen molar-refractivity contribution >= 4 is 40.5 Å². The SMILES string of the molecule is CCCC1=C2[C@@H](CC/C(=C/c3cc(I)c(O)c(OC)c3)CC)OC[C@@H]2[C@@H]2C(=O)N(C3CCN(Cc4ccccc4)CC3)C(=O)[C@@H]2C1. The highest BCUT2D eigenvalue weighted by Crippen LogP contribution is 2.51. The molecule has 3 saturated heterocycles. The van der Waals surface area contributed by atoms with E-state index in [-0.39, 0.29) is 47.5 Å². The molecule has 7 nitrogen and oxygen atoms in total. The quantitative estimate of drug-likeness (QED) is 0.148. The van der Waals surface area contributed by atoms with Crippen LogP contribution in [0.25, 0.3) is 6.08 Å². The average molecular weight is 739 g/mol. The number of carbonyl (C=O) groups excluding carboxylic acids is 2. The number of methoxy groups -OCH3 is 1. The van der Waals surface area contributed by atoms with Crippen molar-refractivity contribution in [3.8, 4) is 11.5 Å². The van der Waals surface area contributed by atoms with Gasteiger partial charge in [-0.15, -0.1) is 0 Å². The van der Waals surface area contributed by atoms with E-state index in [1.807, 2.05) is 18.2 Å². The predicted octanol–water partition coefficient (Wildman–Crippen LogP) is 7.36. The van der Waals surface area contributed by atoms with Gasteiger partial charge in [0.1, 0.15) is 0 Å². The molecule has 0 bridgehead atoms. The molecule has 1 aliphatic carbocycles. The number of hydrogen-bond acceptors (Lipinski definition) is 6. The van der Waals surface area contributed by atoms with Crippen LogP contribution in [0.4, 0.5) is 0 Å². The summed E-state index contributed by atoms with van der Waals surface area (Å²) >= 11 is 2.13. The molecule has 2 amide bonds. The van der Waals surface area contributed by atoms with Gasteiger partial charge in [0, 0.05) is 31.6 Å². The van der Waals surface area contributed by atoms with Gasteiger partial charge in [-0.05, 0) is 96.4 Å².